The number of rotatable bonds is 3. The SMILES string of the molecule is Cn1ncc(N2CCCC(CNC(=O)C(C)(C)C)C2)c(Br)c1=O. The molecule has 1 saturated heterocycles. The van der Waals surface area contributed by atoms with E-state index in [4.69, 9.17) is 0 Å². The molecular weight excluding hydrogens is 360 g/mol. The van der Waals surface area contributed by atoms with Crippen LogP contribution in [0.3, 0.4) is 0 Å². The molecule has 1 unspecified atom stereocenters. The molecule has 1 N–H and O–H groups in total. The lowest BCUT2D eigenvalue weighted by Gasteiger charge is -2.35. The summed E-state index contributed by atoms with van der Waals surface area (Å²) in [5, 5.41) is 7.15. The number of nitrogens with zero attached hydrogens (tertiary/aromatic N) is 3. The molecule has 1 atom stereocenters. The van der Waals surface area contributed by atoms with Crippen molar-refractivity contribution in [1.82, 2.24) is 15.1 Å². The molecule has 128 valence electrons. The van der Waals surface area contributed by atoms with E-state index in [0.717, 1.165) is 31.6 Å². The van der Waals surface area contributed by atoms with E-state index in [1.807, 2.05) is 20.8 Å². The highest BCUT2D eigenvalue weighted by Gasteiger charge is 2.26. The molecule has 6 nitrogen and oxygen atoms in total. The van der Waals surface area contributed by atoms with Crippen LogP contribution < -0.4 is 15.8 Å². The van der Waals surface area contributed by atoms with Crippen LogP contribution in [0.5, 0.6) is 0 Å². The van der Waals surface area contributed by atoms with Crippen LogP contribution in [0, 0.1) is 11.3 Å². The predicted molar refractivity (Wildman–Crippen MR) is 94.6 cm³/mol. The van der Waals surface area contributed by atoms with Gasteiger partial charge in [0.2, 0.25) is 5.91 Å². The summed E-state index contributed by atoms with van der Waals surface area (Å²) >= 11 is 3.39. The van der Waals surface area contributed by atoms with Crippen LogP contribution >= 0.6 is 15.9 Å². The summed E-state index contributed by atoms with van der Waals surface area (Å²) in [5.41, 5.74) is 0.332. The van der Waals surface area contributed by atoms with E-state index in [1.165, 1.54) is 4.68 Å². The summed E-state index contributed by atoms with van der Waals surface area (Å²) in [7, 11) is 1.64. The first-order valence-corrected chi connectivity index (χ1v) is 8.74. The second-order valence-electron chi connectivity index (χ2n) is 7.19. The normalized spacial score (nSPS) is 18.8. The zero-order valence-electron chi connectivity index (χ0n) is 14.2. The minimum atomic E-state index is -0.368. The van der Waals surface area contributed by atoms with Crippen LogP contribution in [0.25, 0.3) is 0 Å². The summed E-state index contributed by atoms with van der Waals surface area (Å²) in [6.07, 6.45) is 3.84. The molecule has 0 saturated carbocycles. The predicted octanol–water partition coefficient (Wildman–Crippen LogP) is 1.92. The zero-order valence-corrected chi connectivity index (χ0v) is 15.8. The van der Waals surface area contributed by atoms with Crippen LogP contribution in [0.1, 0.15) is 33.6 Å². The third kappa shape index (κ3) is 4.34. The number of nitrogens with one attached hydrogen (secondary N) is 1. The fourth-order valence-corrected chi connectivity index (χ4v) is 3.28. The highest BCUT2D eigenvalue weighted by molar-refractivity contribution is 9.10. The Morgan fingerprint density at radius 2 is 2.17 bits per heavy atom. The van der Waals surface area contributed by atoms with Crippen LogP contribution in [-0.4, -0.2) is 35.3 Å². The Kier molecular flexibility index (Phi) is 5.49. The van der Waals surface area contributed by atoms with Gasteiger partial charge in [0.1, 0.15) is 4.47 Å². The topological polar surface area (TPSA) is 67.2 Å². The van der Waals surface area contributed by atoms with E-state index in [9.17, 15) is 9.59 Å². The molecular formula is C16H25BrN4O2. The van der Waals surface area contributed by atoms with Gasteiger partial charge < -0.3 is 10.2 Å². The van der Waals surface area contributed by atoms with E-state index in [1.54, 1.807) is 13.2 Å². The van der Waals surface area contributed by atoms with Crippen LogP contribution in [0.15, 0.2) is 15.5 Å². The molecule has 1 fully saturated rings. The number of hydrogen-bond acceptors (Lipinski definition) is 4. The van der Waals surface area contributed by atoms with Gasteiger partial charge in [0.05, 0.1) is 11.9 Å². The standard InChI is InChI=1S/C16H25BrN4O2/c1-16(2,3)15(23)18-8-11-6-5-7-21(10-11)12-9-19-20(4)14(22)13(12)17/h9,11H,5-8,10H2,1-4H3,(H,18,23). The first-order valence-electron chi connectivity index (χ1n) is 7.95. The van der Waals surface area contributed by atoms with Gasteiger partial charge in [-0.3, -0.25) is 9.59 Å². The molecule has 1 aromatic rings. The number of aromatic nitrogens is 2. The van der Waals surface area contributed by atoms with Gasteiger partial charge in [-0.1, -0.05) is 20.8 Å². The van der Waals surface area contributed by atoms with E-state index in [-0.39, 0.29) is 16.9 Å². The van der Waals surface area contributed by atoms with Crippen molar-refractivity contribution in [3.63, 3.8) is 0 Å². The highest BCUT2D eigenvalue weighted by Crippen LogP contribution is 2.27. The van der Waals surface area contributed by atoms with Gasteiger partial charge in [0.15, 0.2) is 0 Å². The summed E-state index contributed by atoms with van der Waals surface area (Å²) < 4.78 is 1.87. The summed E-state index contributed by atoms with van der Waals surface area (Å²) in [6.45, 7) is 8.13. The number of amides is 1. The minimum Gasteiger partial charge on any atom is -0.369 e. The van der Waals surface area contributed by atoms with Crippen molar-refractivity contribution < 1.29 is 4.79 Å². The number of carbonyl (C=O) groups is 1. The van der Waals surface area contributed by atoms with Gasteiger partial charge in [-0.05, 0) is 34.7 Å². The third-order valence-corrected chi connectivity index (χ3v) is 4.90. The van der Waals surface area contributed by atoms with Crippen molar-refractivity contribution in [2.24, 2.45) is 18.4 Å². The number of aryl methyl sites for hydroxylation is 1. The molecule has 0 spiro atoms. The van der Waals surface area contributed by atoms with Gasteiger partial charge in [-0.15, -0.1) is 0 Å². The fraction of sp³-hybridized carbons (Fsp3) is 0.688. The van der Waals surface area contributed by atoms with Crippen molar-refractivity contribution in [2.45, 2.75) is 33.6 Å². The Morgan fingerprint density at radius 3 is 2.83 bits per heavy atom. The zero-order chi connectivity index (χ0) is 17.2. The van der Waals surface area contributed by atoms with Gasteiger partial charge in [0.25, 0.3) is 5.56 Å². The summed E-state index contributed by atoms with van der Waals surface area (Å²) in [6, 6.07) is 0. The van der Waals surface area contributed by atoms with E-state index < -0.39 is 0 Å². The fourth-order valence-electron chi connectivity index (χ4n) is 2.68. The maximum absolute atomic E-state index is 12.0. The molecule has 0 bridgehead atoms. The van der Waals surface area contributed by atoms with Crippen molar-refractivity contribution in [1.29, 1.82) is 0 Å². The van der Waals surface area contributed by atoms with E-state index >= 15 is 0 Å². The Bertz CT molecular complexity index is 636. The molecule has 23 heavy (non-hydrogen) atoms. The van der Waals surface area contributed by atoms with Crippen molar-refractivity contribution >= 4 is 27.5 Å². The largest absolute Gasteiger partial charge is 0.369 e. The van der Waals surface area contributed by atoms with Crippen molar-refractivity contribution in [2.75, 3.05) is 24.5 Å². The van der Waals surface area contributed by atoms with Crippen molar-refractivity contribution in [3.05, 3.63) is 21.0 Å². The lowest BCUT2D eigenvalue weighted by Crippen LogP contribution is -2.44. The van der Waals surface area contributed by atoms with Crippen LogP contribution in [0.4, 0.5) is 5.69 Å². The molecule has 2 rings (SSSR count). The molecule has 7 heteroatoms. The highest BCUT2D eigenvalue weighted by atomic mass is 79.9. The average Bonchev–Trinajstić information content (AvgIpc) is 2.49. The second-order valence-corrected chi connectivity index (χ2v) is 7.98. The second kappa shape index (κ2) is 7.03. The van der Waals surface area contributed by atoms with Crippen LogP contribution in [-0.2, 0) is 11.8 Å². The Labute approximate surface area is 145 Å². The first kappa shape index (κ1) is 18.0. The van der Waals surface area contributed by atoms with Gasteiger partial charge in [0, 0.05) is 32.1 Å². The van der Waals surface area contributed by atoms with Gasteiger partial charge in [-0.25, -0.2) is 4.68 Å². The molecule has 1 amide bonds. The Morgan fingerprint density at radius 1 is 1.48 bits per heavy atom. The molecule has 0 radical (unpaired) electrons. The number of carbonyl (C=O) groups excluding carboxylic acids is 1. The summed E-state index contributed by atoms with van der Waals surface area (Å²) in [4.78, 5) is 26.2. The van der Waals surface area contributed by atoms with Gasteiger partial charge in [-0.2, -0.15) is 5.10 Å². The van der Waals surface area contributed by atoms with E-state index in [0.29, 0.717) is 16.9 Å². The molecule has 2 heterocycles. The quantitative estimate of drug-likeness (QED) is 0.864. The summed E-state index contributed by atoms with van der Waals surface area (Å²) in [5.74, 6) is 0.456. The Hall–Kier alpha value is -1.37. The molecule has 0 aliphatic carbocycles. The van der Waals surface area contributed by atoms with Crippen molar-refractivity contribution in [3.8, 4) is 0 Å². The number of anilines is 1. The number of piperidine rings is 1. The average molecular weight is 385 g/mol. The maximum atomic E-state index is 12.0. The smallest absolute Gasteiger partial charge is 0.282 e. The number of halogens is 1. The van der Waals surface area contributed by atoms with Gasteiger partial charge >= 0.3 is 0 Å². The first-order chi connectivity index (χ1) is 10.7. The molecule has 1 aliphatic rings. The van der Waals surface area contributed by atoms with E-state index in [2.05, 4.69) is 31.2 Å². The molecule has 0 aromatic carbocycles. The lowest BCUT2D eigenvalue weighted by atomic mass is 9.94. The van der Waals surface area contributed by atoms with Crippen LogP contribution in [0.2, 0.25) is 0 Å². The maximum Gasteiger partial charge on any atom is 0.282 e. The molecule has 1 aromatic heterocycles. The number of hydrogen-bond donors (Lipinski definition) is 1. The monoisotopic (exact) mass is 384 g/mol. The third-order valence-electron chi connectivity index (χ3n) is 4.15. The Balaban J connectivity index is 2.03. The molecule has 1 aliphatic heterocycles. The minimum absolute atomic E-state index is 0.0750. The lowest BCUT2D eigenvalue weighted by molar-refractivity contribution is -0.128.